The first-order valence-electron chi connectivity index (χ1n) is 9.76. The Kier molecular flexibility index (Phi) is 4.39. The summed E-state index contributed by atoms with van der Waals surface area (Å²) in [5, 5.41) is 18.2. The zero-order chi connectivity index (χ0) is 20.7. The van der Waals surface area contributed by atoms with E-state index in [9.17, 15) is 9.65 Å². The van der Waals surface area contributed by atoms with Gasteiger partial charge in [0.05, 0.1) is 28.6 Å². The molecule has 0 aliphatic carbocycles. The van der Waals surface area contributed by atoms with Crippen molar-refractivity contribution < 1.29 is 4.39 Å². The van der Waals surface area contributed by atoms with Crippen molar-refractivity contribution in [2.45, 2.75) is 18.8 Å². The van der Waals surface area contributed by atoms with Crippen LogP contribution < -0.4 is 4.90 Å². The Labute approximate surface area is 172 Å². The summed E-state index contributed by atoms with van der Waals surface area (Å²) < 4.78 is 15.4. The third kappa shape index (κ3) is 2.97. The van der Waals surface area contributed by atoms with Crippen LogP contribution in [0.15, 0.2) is 37.1 Å². The second kappa shape index (κ2) is 7.22. The number of piperidine rings is 1. The van der Waals surface area contributed by atoms with E-state index in [1.54, 1.807) is 18.7 Å². The summed E-state index contributed by atoms with van der Waals surface area (Å²) in [5.74, 6) is 0.768. The van der Waals surface area contributed by atoms with E-state index in [4.69, 9.17) is 0 Å². The first-order chi connectivity index (χ1) is 14.7. The minimum absolute atomic E-state index is 0.323. The Morgan fingerprint density at radius 2 is 2.07 bits per heavy atom. The van der Waals surface area contributed by atoms with Gasteiger partial charge in [0, 0.05) is 43.4 Å². The van der Waals surface area contributed by atoms with E-state index < -0.39 is 5.95 Å². The van der Waals surface area contributed by atoms with Crippen LogP contribution in [0.25, 0.3) is 22.2 Å². The third-order valence-corrected chi connectivity index (χ3v) is 5.75. The lowest BCUT2D eigenvalue weighted by Gasteiger charge is -2.35. The van der Waals surface area contributed by atoms with Gasteiger partial charge in [0.1, 0.15) is 18.2 Å². The van der Waals surface area contributed by atoms with Crippen molar-refractivity contribution in [2.75, 3.05) is 18.0 Å². The lowest BCUT2D eigenvalue weighted by atomic mass is 9.92. The number of pyridine rings is 1. The number of aryl methyl sites for hydroxylation is 1. The molecule has 30 heavy (non-hydrogen) atoms. The van der Waals surface area contributed by atoms with Crippen molar-refractivity contribution in [3.8, 4) is 17.2 Å². The van der Waals surface area contributed by atoms with Crippen LogP contribution in [0.5, 0.6) is 0 Å². The van der Waals surface area contributed by atoms with Crippen LogP contribution in [0, 0.1) is 17.3 Å². The Balaban J connectivity index is 1.59. The number of hydrogen-bond acceptors (Lipinski definition) is 6. The van der Waals surface area contributed by atoms with Gasteiger partial charge in [-0.2, -0.15) is 9.65 Å². The van der Waals surface area contributed by atoms with Crippen LogP contribution in [0.4, 0.5) is 10.1 Å². The molecular formula is C21H19FN8. The van der Waals surface area contributed by atoms with Gasteiger partial charge in [0.15, 0.2) is 0 Å². The molecule has 150 valence electrons. The zero-order valence-electron chi connectivity index (χ0n) is 16.4. The Morgan fingerprint density at radius 1 is 1.23 bits per heavy atom. The summed E-state index contributed by atoms with van der Waals surface area (Å²) in [4.78, 5) is 13.6. The summed E-state index contributed by atoms with van der Waals surface area (Å²) in [7, 11) is 1.96. The van der Waals surface area contributed by atoms with Crippen LogP contribution in [-0.4, -0.2) is 42.8 Å². The first kappa shape index (κ1) is 18.2. The van der Waals surface area contributed by atoms with Gasteiger partial charge in [0.2, 0.25) is 5.95 Å². The summed E-state index contributed by atoms with van der Waals surface area (Å²) in [5.41, 5.74) is 4.42. The number of aromatic nitrogens is 6. The predicted molar refractivity (Wildman–Crippen MR) is 109 cm³/mol. The maximum absolute atomic E-state index is 13.5. The minimum atomic E-state index is -0.542. The van der Waals surface area contributed by atoms with Crippen LogP contribution in [0.3, 0.4) is 0 Å². The number of H-pyrrole nitrogens is 1. The number of aromatic amines is 1. The normalized spacial score (nSPS) is 14.9. The van der Waals surface area contributed by atoms with Crippen LogP contribution in [-0.2, 0) is 7.05 Å². The van der Waals surface area contributed by atoms with Crippen molar-refractivity contribution in [1.29, 1.82) is 5.26 Å². The van der Waals surface area contributed by atoms with E-state index in [2.05, 4.69) is 36.1 Å². The quantitative estimate of drug-likeness (QED) is 0.529. The molecule has 1 saturated heterocycles. The standard InChI is InChI=1S/C21H19FN8/c1-29-12-27-28-21(29)13-4-6-30(7-5-13)20-15(9-23)8-16-19(26-11-25-16)18(20)14-2-3-17(22)24-10-14/h2-3,8,10-13H,4-7H2,1H3,(H,25,26). The molecule has 1 fully saturated rings. The number of benzene rings is 1. The van der Waals surface area contributed by atoms with Crippen LogP contribution in [0.1, 0.15) is 30.1 Å². The maximum atomic E-state index is 13.5. The van der Waals surface area contributed by atoms with E-state index >= 15 is 0 Å². The summed E-state index contributed by atoms with van der Waals surface area (Å²) >= 11 is 0. The second-order valence-electron chi connectivity index (χ2n) is 7.49. The predicted octanol–water partition coefficient (Wildman–Crippen LogP) is 3.15. The van der Waals surface area contributed by atoms with Crippen LogP contribution >= 0.6 is 0 Å². The van der Waals surface area contributed by atoms with Gasteiger partial charge in [0.25, 0.3) is 0 Å². The van der Waals surface area contributed by atoms with Crippen molar-refractivity contribution in [3.05, 3.63) is 54.4 Å². The van der Waals surface area contributed by atoms with Crippen molar-refractivity contribution in [1.82, 2.24) is 29.7 Å². The fourth-order valence-corrected chi connectivity index (χ4v) is 4.31. The van der Waals surface area contributed by atoms with Crippen LogP contribution in [0.2, 0.25) is 0 Å². The van der Waals surface area contributed by atoms with E-state index in [0.29, 0.717) is 11.5 Å². The van der Waals surface area contributed by atoms with Crippen molar-refractivity contribution >= 4 is 16.7 Å². The van der Waals surface area contributed by atoms with Gasteiger partial charge >= 0.3 is 0 Å². The smallest absolute Gasteiger partial charge is 0.212 e. The molecule has 3 aromatic heterocycles. The topological polar surface area (TPSA) is 99.3 Å². The molecule has 0 atom stereocenters. The molecule has 1 N–H and O–H groups in total. The molecule has 0 saturated carbocycles. The Bertz CT molecular complexity index is 1240. The van der Waals surface area contributed by atoms with E-state index in [0.717, 1.165) is 59.6 Å². The molecule has 0 bridgehead atoms. The van der Waals surface area contributed by atoms with Gasteiger partial charge in [-0.15, -0.1) is 10.2 Å². The molecule has 0 amide bonds. The SMILES string of the molecule is Cn1cnnc1C1CCN(c2c(C#N)cc3[nH]cnc3c2-c2ccc(F)nc2)CC1. The average Bonchev–Trinajstić information content (AvgIpc) is 3.42. The average molecular weight is 402 g/mol. The van der Waals surface area contributed by atoms with Gasteiger partial charge in [-0.1, -0.05) is 0 Å². The lowest BCUT2D eigenvalue weighted by molar-refractivity contribution is 0.474. The summed E-state index contributed by atoms with van der Waals surface area (Å²) in [6.07, 6.45) is 6.63. The monoisotopic (exact) mass is 402 g/mol. The van der Waals surface area contributed by atoms with Crippen molar-refractivity contribution in [3.63, 3.8) is 0 Å². The van der Waals surface area contributed by atoms with Gasteiger partial charge in [-0.05, 0) is 31.0 Å². The number of rotatable bonds is 3. The van der Waals surface area contributed by atoms with Gasteiger partial charge in [-0.3, -0.25) is 0 Å². The maximum Gasteiger partial charge on any atom is 0.212 e. The molecule has 0 unspecified atom stereocenters. The molecule has 9 heteroatoms. The lowest BCUT2D eigenvalue weighted by Crippen LogP contribution is -2.34. The molecule has 1 aliphatic rings. The number of nitrogens with one attached hydrogen (secondary N) is 1. The van der Waals surface area contributed by atoms with Crippen molar-refractivity contribution in [2.24, 2.45) is 7.05 Å². The Morgan fingerprint density at radius 3 is 2.73 bits per heavy atom. The number of anilines is 1. The van der Waals surface area contributed by atoms with E-state index in [1.165, 1.54) is 12.3 Å². The first-order valence-corrected chi connectivity index (χ1v) is 9.76. The Hall–Kier alpha value is -3.80. The number of hydrogen-bond donors (Lipinski definition) is 1. The summed E-state index contributed by atoms with van der Waals surface area (Å²) in [6, 6.07) is 7.17. The molecule has 5 rings (SSSR count). The highest BCUT2D eigenvalue weighted by atomic mass is 19.1. The summed E-state index contributed by atoms with van der Waals surface area (Å²) in [6.45, 7) is 1.54. The molecule has 0 radical (unpaired) electrons. The van der Waals surface area contributed by atoms with Gasteiger partial charge in [-0.25, -0.2) is 9.97 Å². The molecule has 1 aliphatic heterocycles. The number of fused-ring (bicyclic) bond motifs is 1. The number of imidazole rings is 1. The highest BCUT2D eigenvalue weighted by Crippen LogP contribution is 2.41. The molecular weight excluding hydrogens is 383 g/mol. The number of nitriles is 1. The third-order valence-electron chi connectivity index (χ3n) is 5.75. The van der Waals surface area contributed by atoms with E-state index in [-0.39, 0.29) is 0 Å². The second-order valence-corrected chi connectivity index (χ2v) is 7.49. The fraction of sp³-hybridized carbons (Fsp3) is 0.286. The molecule has 4 heterocycles. The van der Waals surface area contributed by atoms with E-state index in [1.807, 2.05) is 17.7 Å². The highest BCUT2D eigenvalue weighted by molar-refractivity contribution is 6.01. The number of nitrogens with zero attached hydrogens (tertiary/aromatic N) is 7. The van der Waals surface area contributed by atoms with Gasteiger partial charge < -0.3 is 14.5 Å². The minimum Gasteiger partial charge on any atom is -0.370 e. The fourth-order valence-electron chi connectivity index (χ4n) is 4.31. The molecule has 1 aromatic carbocycles. The highest BCUT2D eigenvalue weighted by Gasteiger charge is 2.28. The molecule has 4 aromatic rings. The molecule has 0 spiro atoms. The number of halogens is 1. The molecule has 8 nitrogen and oxygen atoms in total. The largest absolute Gasteiger partial charge is 0.370 e. The zero-order valence-corrected chi connectivity index (χ0v) is 16.4.